The zero-order valence-electron chi connectivity index (χ0n) is 21.2. The maximum absolute atomic E-state index is 13.7. The van der Waals surface area contributed by atoms with Crippen LogP contribution in [0.3, 0.4) is 0 Å². The Balaban J connectivity index is 1.48. The van der Waals surface area contributed by atoms with Crippen LogP contribution < -0.4 is 10.1 Å². The Morgan fingerprint density at radius 1 is 1.25 bits per heavy atom. The van der Waals surface area contributed by atoms with E-state index in [1.54, 1.807) is 30.2 Å². The van der Waals surface area contributed by atoms with Gasteiger partial charge in [-0.25, -0.2) is 0 Å². The molecule has 3 N–H and O–H groups in total. The van der Waals surface area contributed by atoms with Crippen LogP contribution in [0.5, 0.6) is 5.75 Å². The number of hydrogen-bond acceptors (Lipinski definition) is 6. The summed E-state index contributed by atoms with van der Waals surface area (Å²) in [6, 6.07) is 13.0. The van der Waals surface area contributed by atoms with Gasteiger partial charge in [0, 0.05) is 29.3 Å². The summed E-state index contributed by atoms with van der Waals surface area (Å²) in [7, 11) is -1.30. The number of aliphatic hydroxyl groups excluding tert-OH is 1. The van der Waals surface area contributed by atoms with Gasteiger partial charge in [-0.2, -0.15) is 0 Å². The zero-order valence-corrected chi connectivity index (χ0v) is 22.2. The number of aliphatic hydroxyl groups is 1. The molecule has 3 aliphatic heterocycles. The van der Waals surface area contributed by atoms with Crippen molar-refractivity contribution in [1.29, 1.82) is 0 Å². The van der Waals surface area contributed by atoms with Crippen LogP contribution in [-0.4, -0.2) is 60.8 Å². The lowest BCUT2D eigenvalue weighted by molar-refractivity contribution is -0.149. The molecule has 2 amide bonds. The number of benzene rings is 2. The second-order valence-corrected chi connectivity index (χ2v) is 14.7. The second-order valence-electron chi connectivity index (χ2n) is 10.8. The number of nitrogens with zero attached hydrogens (tertiary/aromatic N) is 1. The summed E-state index contributed by atoms with van der Waals surface area (Å²) in [6.07, 6.45) is -0.0266. The van der Waals surface area contributed by atoms with Gasteiger partial charge in [0.15, 0.2) is 13.9 Å². The minimum Gasteiger partial charge on any atom is -0.497 e. The Morgan fingerprint density at radius 3 is 2.64 bits per heavy atom. The Hall–Kier alpha value is -2.72. The van der Waals surface area contributed by atoms with E-state index in [0.717, 1.165) is 11.1 Å². The van der Waals surface area contributed by atoms with E-state index >= 15 is 0 Å². The van der Waals surface area contributed by atoms with Gasteiger partial charge in [0.1, 0.15) is 5.75 Å². The number of hydrogen-bond donors (Lipinski definition) is 3. The van der Waals surface area contributed by atoms with Gasteiger partial charge in [0.05, 0.1) is 32.3 Å². The van der Waals surface area contributed by atoms with Crippen LogP contribution in [0, 0.1) is 5.92 Å². The van der Waals surface area contributed by atoms with Crippen LogP contribution in [0.4, 0.5) is 5.69 Å². The summed E-state index contributed by atoms with van der Waals surface area (Å²) in [5.41, 5.74) is 1.88. The van der Waals surface area contributed by atoms with Crippen LogP contribution >= 0.6 is 0 Å². The fourth-order valence-corrected chi connectivity index (χ4v) is 9.09. The molecule has 0 bridgehead atoms. The molecule has 9 heteroatoms. The number of anilines is 1. The number of nitrogens with one attached hydrogen (secondary N) is 1. The van der Waals surface area contributed by atoms with Crippen molar-refractivity contribution in [2.45, 2.75) is 62.7 Å². The molecule has 0 radical (unpaired) electrons. The van der Waals surface area contributed by atoms with E-state index in [1.807, 2.05) is 44.3 Å². The van der Waals surface area contributed by atoms with E-state index in [0.29, 0.717) is 30.0 Å². The smallest absolute Gasteiger partial charge is 0.261 e. The van der Waals surface area contributed by atoms with Crippen LogP contribution in [-0.2, 0) is 32.9 Å². The lowest BCUT2D eigenvalue weighted by atomic mass is 9.82. The predicted molar refractivity (Wildman–Crippen MR) is 137 cm³/mol. The third-order valence-corrected chi connectivity index (χ3v) is 10.7. The number of rotatable bonds is 5. The number of carbonyl (C=O) groups is 2. The highest BCUT2D eigenvalue weighted by Crippen LogP contribution is 2.58. The van der Waals surface area contributed by atoms with Gasteiger partial charge in [-0.3, -0.25) is 9.59 Å². The van der Waals surface area contributed by atoms with Crippen molar-refractivity contribution < 1.29 is 29.0 Å². The molecule has 3 heterocycles. The van der Waals surface area contributed by atoms with E-state index in [4.69, 9.17) is 9.47 Å². The summed E-state index contributed by atoms with van der Waals surface area (Å²) in [5, 5.41) is 13.0. The van der Waals surface area contributed by atoms with Gasteiger partial charge in [-0.05, 0) is 48.8 Å². The highest BCUT2D eigenvalue weighted by Gasteiger charge is 2.65. The van der Waals surface area contributed by atoms with Crippen molar-refractivity contribution in [3.8, 4) is 5.75 Å². The fraction of sp³-hybridized carbons (Fsp3) is 0.481. The molecule has 36 heavy (non-hydrogen) atoms. The van der Waals surface area contributed by atoms with Gasteiger partial charge in [0.25, 0.3) is 5.91 Å². The largest absolute Gasteiger partial charge is 0.497 e. The monoisotopic (exact) mass is 510 g/mol. The number of methoxy groups -OCH3 is 1. The summed E-state index contributed by atoms with van der Waals surface area (Å²) in [6.45, 7) is 5.88. The average molecular weight is 511 g/mol. The van der Waals surface area contributed by atoms with Gasteiger partial charge < -0.3 is 29.6 Å². The maximum atomic E-state index is 13.7. The summed E-state index contributed by atoms with van der Waals surface area (Å²) < 4.78 is 12.0. The fourth-order valence-electron chi connectivity index (χ4n) is 6.53. The van der Waals surface area contributed by atoms with Crippen LogP contribution in [0.1, 0.15) is 30.0 Å². The minimum absolute atomic E-state index is 0.0268. The normalized spacial score (nSPS) is 29.2. The first-order valence-electron chi connectivity index (χ1n) is 12.5. The molecule has 5 atom stereocenters. The Bertz CT molecular complexity index is 1200. The maximum Gasteiger partial charge on any atom is 0.261 e. The standard InChI is InChI=1S/C27H34N2O6Si/c1-16-25(36(3,4)33)23(35-27(16)21-12-20(34-2)9-10-22(21)28-26(27)32)13-24(31)29-14-18-8-6-5-7-17(18)11-19(29)15-30/h5-10,12,16,19,23,25,30,33H,11,13-15H2,1-4H3,(H,28,32)/t16-,19-,23+,25-,27+/m0/s1. The van der Waals surface area contributed by atoms with E-state index in [2.05, 4.69) is 5.32 Å². The molecule has 1 saturated heterocycles. The Labute approximate surface area is 212 Å². The molecule has 1 spiro atoms. The molecule has 0 aromatic heterocycles. The average Bonchev–Trinajstić information content (AvgIpc) is 3.30. The molecule has 3 aliphatic rings. The predicted octanol–water partition coefficient (Wildman–Crippen LogP) is 2.78. The lowest BCUT2D eigenvalue weighted by Crippen LogP contribution is -2.48. The highest BCUT2D eigenvalue weighted by molar-refractivity contribution is 6.71. The van der Waals surface area contributed by atoms with Gasteiger partial charge in [0.2, 0.25) is 5.91 Å². The quantitative estimate of drug-likeness (QED) is 0.534. The summed E-state index contributed by atoms with van der Waals surface area (Å²) in [5.74, 6) is -0.178. The van der Waals surface area contributed by atoms with E-state index in [9.17, 15) is 19.5 Å². The van der Waals surface area contributed by atoms with Crippen molar-refractivity contribution >= 4 is 25.8 Å². The molecule has 0 saturated carbocycles. The first kappa shape index (κ1) is 24.9. The first-order chi connectivity index (χ1) is 17.1. The highest BCUT2D eigenvalue weighted by atomic mass is 28.4. The molecule has 192 valence electrons. The number of carbonyl (C=O) groups excluding carboxylic acids is 2. The Kier molecular flexibility index (Phi) is 6.23. The van der Waals surface area contributed by atoms with E-state index < -0.39 is 20.0 Å². The molecule has 8 nitrogen and oxygen atoms in total. The second kappa shape index (κ2) is 8.99. The number of amides is 2. The van der Waals surface area contributed by atoms with Crippen LogP contribution in [0.2, 0.25) is 18.6 Å². The molecule has 0 aliphatic carbocycles. The number of ether oxygens (including phenoxy) is 2. The van der Waals surface area contributed by atoms with E-state index in [-0.39, 0.29) is 42.3 Å². The SMILES string of the molecule is COc1ccc2c(c1)[C@@]1(O[C@H](CC(=O)N3Cc4ccccc4C[C@H]3CO)[C@@H]([Si](C)(C)O)[C@@H]1C)C(=O)N2. The third kappa shape index (κ3) is 3.85. The van der Waals surface area contributed by atoms with Gasteiger partial charge in [-0.1, -0.05) is 31.2 Å². The van der Waals surface area contributed by atoms with Crippen molar-refractivity contribution in [3.05, 3.63) is 59.2 Å². The molecular formula is C27H34N2O6Si. The van der Waals surface area contributed by atoms with E-state index in [1.165, 1.54) is 0 Å². The topological polar surface area (TPSA) is 108 Å². The molecule has 5 rings (SSSR count). The van der Waals surface area contributed by atoms with Crippen molar-refractivity contribution in [1.82, 2.24) is 4.90 Å². The van der Waals surface area contributed by atoms with Crippen molar-refractivity contribution in [2.75, 3.05) is 19.0 Å². The third-order valence-electron chi connectivity index (χ3n) is 8.21. The molecule has 2 aromatic carbocycles. The van der Waals surface area contributed by atoms with Crippen molar-refractivity contribution in [2.24, 2.45) is 5.92 Å². The zero-order chi connectivity index (χ0) is 25.8. The van der Waals surface area contributed by atoms with Gasteiger partial charge >= 0.3 is 0 Å². The van der Waals surface area contributed by atoms with Crippen LogP contribution in [0.25, 0.3) is 0 Å². The van der Waals surface area contributed by atoms with Crippen molar-refractivity contribution in [3.63, 3.8) is 0 Å². The summed E-state index contributed by atoms with van der Waals surface area (Å²) in [4.78, 5) is 40.2. The molecular weight excluding hydrogens is 476 g/mol. The summed E-state index contributed by atoms with van der Waals surface area (Å²) >= 11 is 0. The molecule has 1 fully saturated rings. The van der Waals surface area contributed by atoms with Gasteiger partial charge in [-0.15, -0.1) is 0 Å². The Morgan fingerprint density at radius 2 is 1.97 bits per heavy atom. The van der Waals surface area contributed by atoms with Crippen LogP contribution in [0.15, 0.2) is 42.5 Å². The minimum atomic E-state index is -2.87. The molecule has 0 unspecified atom stereocenters. The number of fused-ring (bicyclic) bond motifs is 3. The first-order valence-corrected chi connectivity index (χ1v) is 15.5. The lowest BCUT2D eigenvalue weighted by Gasteiger charge is -2.37. The molecule has 2 aromatic rings.